The van der Waals surface area contributed by atoms with Gasteiger partial charge in [0.25, 0.3) is 5.56 Å². The maximum absolute atomic E-state index is 12.3. The highest BCUT2D eigenvalue weighted by Gasteiger charge is 2.11. The summed E-state index contributed by atoms with van der Waals surface area (Å²) in [5.41, 5.74) is 1.51. The van der Waals surface area contributed by atoms with Crippen LogP contribution in [0.25, 0.3) is 0 Å². The Balaban J connectivity index is 1.54. The van der Waals surface area contributed by atoms with Crippen molar-refractivity contribution in [3.63, 3.8) is 0 Å². The van der Waals surface area contributed by atoms with Crippen molar-refractivity contribution >= 4 is 29.3 Å². The van der Waals surface area contributed by atoms with Crippen molar-refractivity contribution in [2.24, 2.45) is 0 Å². The van der Waals surface area contributed by atoms with E-state index in [1.807, 2.05) is 43.3 Å². The summed E-state index contributed by atoms with van der Waals surface area (Å²) in [4.78, 5) is 43.4. The first-order valence-electron chi connectivity index (χ1n) is 10.1. The number of anilines is 1. The molecule has 32 heavy (non-hydrogen) atoms. The number of carbonyl (C=O) groups excluding carboxylic acids is 2. The van der Waals surface area contributed by atoms with Crippen molar-refractivity contribution in [3.8, 4) is 5.75 Å². The molecule has 2 aromatic carbocycles. The minimum atomic E-state index is -0.379. The highest BCUT2D eigenvalue weighted by Crippen LogP contribution is 2.24. The molecule has 1 heterocycles. The van der Waals surface area contributed by atoms with Gasteiger partial charge in [0.15, 0.2) is 5.16 Å². The Morgan fingerprint density at radius 1 is 1.06 bits per heavy atom. The molecule has 0 aliphatic heterocycles. The summed E-state index contributed by atoms with van der Waals surface area (Å²) in [6.45, 7) is 2.75. The topological polar surface area (TPSA) is 113 Å². The Kier molecular flexibility index (Phi) is 8.44. The van der Waals surface area contributed by atoms with E-state index in [0.29, 0.717) is 30.3 Å². The molecule has 0 fully saturated rings. The zero-order chi connectivity index (χ0) is 22.8. The van der Waals surface area contributed by atoms with Gasteiger partial charge in [0.1, 0.15) is 5.75 Å². The van der Waals surface area contributed by atoms with Gasteiger partial charge in [-0.25, -0.2) is 4.98 Å². The zero-order valence-electron chi connectivity index (χ0n) is 17.6. The van der Waals surface area contributed by atoms with Crippen LogP contribution in [0.5, 0.6) is 5.75 Å². The average molecular weight is 453 g/mol. The Morgan fingerprint density at radius 3 is 2.59 bits per heavy atom. The molecule has 166 valence electrons. The SMILES string of the molecule is CCOc1ccccc1NC(=O)CSc1nc(CC(=O)NCc2ccccc2)cc(=O)[nH]1. The molecule has 8 nitrogen and oxygen atoms in total. The summed E-state index contributed by atoms with van der Waals surface area (Å²) in [6.07, 6.45) is -0.0295. The number of nitrogens with zero attached hydrogens (tertiary/aromatic N) is 1. The Bertz CT molecular complexity index is 1120. The standard InChI is InChI=1S/C23H24N4O4S/c1-2-31-19-11-7-6-10-18(19)26-22(30)15-32-23-25-17(13-21(29)27-23)12-20(28)24-14-16-8-4-3-5-9-16/h3-11,13H,2,12,14-15H2,1H3,(H,24,28)(H,26,30)(H,25,27,29). The van der Waals surface area contributed by atoms with E-state index in [1.165, 1.54) is 6.07 Å². The fourth-order valence-corrected chi connectivity index (χ4v) is 3.53. The van der Waals surface area contributed by atoms with E-state index in [1.54, 1.807) is 18.2 Å². The third-order valence-electron chi connectivity index (χ3n) is 4.25. The lowest BCUT2D eigenvalue weighted by atomic mass is 10.2. The minimum absolute atomic E-state index is 0.0295. The van der Waals surface area contributed by atoms with E-state index in [0.717, 1.165) is 17.3 Å². The predicted molar refractivity (Wildman–Crippen MR) is 124 cm³/mol. The van der Waals surface area contributed by atoms with Crippen LogP contribution in [-0.4, -0.2) is 34.1 Å². The molecule has 0 atom stereocenters. The molecular formula is C23H24N4O4S. The second-order valence-electron chi connectivity index (χ2n) is 6.75. The second-order valence-corrected chi connectivity index (χ2v) is 7.71. The smallest absolute Gasteiger partial charge is 0.251 e. The lowest BCUT2D eigenvalue weighted by molar-refractivity contribution is -0.120. The molecule has 0 unspecified atom stereocenters. The van der Waals surface area contributed by atoms with Gasteiger partial charge >= 0.3 is 0 Å². The first kappa shape index (κ1) is 23.1. The van der Waals surface area contributed by atoms with Gasteiger partial charge in [-0.3, -0.25) is 14.4 Å². The van der Waals surface area contributed by atoms with Crippen molar-refractivity contribution < 1.29 is 14.3 Å². The molecule has 2 amide bonds. The van der Waals surface area contributed by atoms with Gasteiger partial charge in [-0.1, -0.05) is 54.2 Å². The highest BCUT2D eigenvalue weighted by atomic mass is 32.2. The Hall–Kier alpha value is -3.59. The zero-order valence-corrected chi connectivity index (χ0v) is 18.4. The molecule has 0 aliphatic rings. The Labute approximate surface area is 189 Å². The first-order valence-corrected chi connectivity index (χ1v) is 11.1. The van der Waals surface area contributed by atoms with Crippen molar-refractivity contribution in [2.75, 3.05) is 17.7 Å². The summed E-state index contributed by atoms with van der Waals surface area (Å²) >= 11 is 1.08. The Morgan fingerprint density at radius 2 is 1.81 bits per heavy atom. The number of rotatable bonds is 10. The van der Waals surface area contributed by atoms with E-state index in [9.17, 15) is 14.4 Å². The van der Waals surface area contributed by atoms with Crippen LogP contribution >= 0.6 is 11.8 Å². The van der Waals surface area contributed by atoms with E-state index in [4.69, 9.17) is 4.74 Å². The summed E-state index contributed by atoms with van der Waals surface area (Å²) in [6, 6.07) is 18.0. The van der Waals surface area contributed by atoms with Gasteiger partial charge in [-0.05, 0) is 24.6 Å². The molecule has 0 radical (unpaired) electrons. The van der Waals surface area contributed by atoms with Gasteiger partial charge in [0, 0.05) is 12.6 Å². The second kappa shape index (κ2) is 11.7. The number of benzene rings is 2. The van der Waals surface area contributed by atoms with Gasteiger partial charge in [-0.2, -0.15) is 0 Å². The summed E-state index contributed by atoms with van der Waals surface area (Å²) < 4.78 is 5.50. The van der Waals surface area contributed by atoms with Crippen LogP contribution in [0, 0.1) is 0 Å². The van der Waals surface area contributed by atoms with Crippen molar-refractivity contribution in [3.05, 3.63) is 82.3 Å². The molecule has 3 N–H and O–H groups in total. The van der Waals surface area contributed by atoms with E-state index in [-0.39, 0.29) is 34.7 Å². The van der Waals surface area contributed by atoms with Crippen LogP contribution in [0.4, 0.5) is 5.69 Å². The van der Waals surface area contributed by atoms with Crippen LogP contribution in [0.1, 0.15) is 18.2 Å². The number of H-pyrrole nitrogens is 1. The number of hydrogen-bond donors (Lipinski definition) is 3. The third-order valence-corrected chi connectivity index (χ3v) is 5.12. The van der Waals surface area contributed by atoms with Crippen molar-refractivity contribution in [2.45, 2.75) is 25.0 Å². The number of aromatic amines is 1. The molecule has 0 saturated carbocycles. The number of ether oxygens (including phenoxy) is 1. The van der Waals surface area contributed by atoms with Gasteiger partial charge in [-0.15, -0.1) is 0 Å². The quantitative estimate of drug-likeness (QED) is 0.322. The number of hydrogen-bond acceptors (Lipinski definition) is 6. The average Bonchev–Trinajstić information content (AvgIpc) is 2.78. The number of para-hydroxylation sites is 2. The molecule has 0 saturated heterocycles. The van der Waals surface area contributed by atoms with Gasteiger partial charge in [0.2, 0.25) is 11.8 Å². The summed E-state index contributed by atoms with van der Waals surface area (Å²) in [5, 5.41) is 5.87. The number of aromatic nitrogens is 2. The van der Waals surface area contributed by atoms with Crippen LogP contribution in [0.3, 0.4) is 0 Å². The van der Waals surface area contributed by atoms with Crippen molar-refractivity contribution in [1.82, 2.24) is 15.3 Å². The molecular weight excluding hydrogens is 428 g/mol. The fourth-order valence-electron chi connectivity index (χ4n) is 2.84. The van der Waals surface area contributed by atoms with Crippen molar-refractivity contribution in [1.29, 1.82) is 0 Å². The molecule has 0 spiro atoms. The normalized spacial score (nSPS) is 10.4. The third kappa shape index (κ3) is 7.28. The number of nitrogens with one attached hydrogen (secondary N) is 3. The molecule has 1 aromatic heterocycles. The largest absolute Gasteiger partial charge is 0.492 e. The van der Waals surface area contributed by atoms with E-state index in [2.05, 4.69) is 20.6 Å². The minimum Gasteiger partial charge on any atom is -0.492 e. The van der Waals surface area contributed by atoms with E-state index < -0.39 is 0 Å². The van der Waals surface area contributed by atoms with Crippen LogP contribution in [-0.2, 0) is 22.6 Å². The number of amides is 2. The molecule has 3 rings (SSSR count). The molecule has 0 bridgehead atoms. The number of thioether (sulfide) groups is 1. The maximum Gasteiger partial charge on any atom is 0.251 e. The molecule has 3 aromatic rings. The van der Waals surface area contributed by atoms with Crippen LogP contribution < -0.4 is 20.9 Å². The van der Waals surface area contributed by atoms with Crippen LogP contribution in [0.15, 0.2) is 70.6 Å². The fraction of sp³-hybridized carbons (Fsp3) is 0.217. The molecule has 9 heteroatoms. The summed E-state index contributed by atoms with van der Waals surface area (Å²) in [5.74, 6) is 0.111. The number of carbonyl (C=O) groups is 2. The predicted octanol–water partition coefficient (Wildman–Crippen LogP) is 2.76. The lowest BCUT2D eigenvalue weighted by Gasteiger charge is -2.11. The lowest BCUT2D eigenvalue weighted by Crippen LogP contribution is -2.26. The van der Waals surface area contributed by atoms with E-state index >= 15 is 0 Å². The molecule has 0 aliphatic carbocycles. The van der Waals surface area contributed by atoms with Crippen LogP contribution in [0.2, 0.25) is 0 Å². The maximum atomic E-state index is 12.3. The summed E-state index contributed by atoms with van der Waals surface area (Å²) in [7, 11) is 0. The van der Waals surface area contributed by atoms with Gasteiger partial charge in [0.05, 0.1) is 30.2 Å². The monoisotopic (exact) mass is 452 g/mol. The first-order chi connectivity index (χ1) is 15.5. The van der Waals surface area contributed by atoms with Gasteiger partial charge < -0.3 is 20.4 Å². The highest BCUT2D eigenvalue weighted by molar-refractivity contribution is 7.99.